The van der Waals surface area contributed by atoms with E-state index in [0.717, 1.165) is 17.3 Å². The Bertz CT molecular complexity index is 1610. The largest absolute Gasteiger partial charge is 0.491 e. The molecule has 0 radical (unpaired) electrons. The summed E-state index contributed by atoms with van der Waals surface area (Å²) in [4.78, 5) is 26.3. The van der Waals surface area contributed by atoms with Gasteiger partial charge in [-0.15, -0.1) is 0 Å². The normalized spacial score (nSPS) is 20.8. The van der Waals surface area contributed by atoms with Crippen LogP contribution in [-0.4, -0.2) is 52.6 Å². The number of hydrogen-bond donors (Lipinski definition) is 0. The Morgan fingerprint density at radius 2 is 2.02 bits per heavy atom. The van der Waals surface area contributed by atoms with Gasteiger partial charge in [-0.2, -0.15) is 5.26 Å². The molecule has 2 atom stereocenters. The quantitative estimate of drug-likeness (QED) is 0.480. The van der Waals surface area contributed by atoms with Crippen molar-refractivity contribution in [2.75, 3.05) is 31.1 Å². The summed E-state index contributed by atoms with van der Waals surface area (Å²) in [5, 5.41) is 10.2. The van der Waals surface area contributed by atoms with Gasteiger partial charge in [-0.1, -0.05) is 18.2 Å². The molecule has 3 aromatic rings. The summed E-state index contributed by atoms with van der Waals surface area (Å²) in [7, 11) is 1.85. The van der Waals surface area contributed by atoms with Gasteiger partial charge >= 0.3 is 0 Å². The number of ether oxygens (including phenoxy) is 1. The number of hydrogen-bond acceptors (Lipinski definition) is 6. The highest BCUT2D eigenvalue weighted by molar-refractivity contribution is 5.89. The highest BCUT2D eigenvalue weighted by atomic mass is 19.3. The molecule has 2 aliphatic heterocycles. The zero-order chi connectivity index (χ0) is 28.2. The van der Waals surface area contributed by atoms with E-state index in [1.54, 1.807) is 13.3 Å². The van der Waals surface area contributed by atoms with Crippen LogP contribution in [0.25, 0.3) is 10.9 Å². The number of nitriles is 1. The van der Waals surface area contributed by atoms with Crippen molar-refractivity contribution in [1.82, 2.24) is 14.5 Å². The van der Waals surface area contributed by atoms with E-state index in [1.807, 2.05) is 28.6 Å². The van der Waals surface area contributed by atoms with Crippen LogP contribution in [0.1, 0.15) is 49.8 Å². The van der Waals surface area contributed by atoms with Crippen molar-refractivity contribution in [3.05, 3.63) is 59.1 Å². The number of nitrogens with zero attached hydrogens (tertiary/aromatic N) is 6. The zero-order valence-corrected chi connectivity index (χ0v) is 22.3. The molecule has 8 nitrogen and oxygen atoms in total. The predicted octanol–water partition coefficient (Wildman–Crippen LogP) is 4.42. The van der Waals surface area contributed by atoms with E-state index in [4.69, 9.17) is 4.74 Å². The summed E-state index contributed by atoms with van der Waals surface area (Å²) in [5.74, 6) is -0.323. The number of rotatable bonds is 4. The molecule has 0 spiro atoms. The molecular weight excluding hydrogens is 521 g/mol. The lowest BCUT2D eigenvalue weighted by Gasteiger charge is -2.42. The van der Waals surface area contributed by atoms with Gasteiger partial charge in [0.25, 0.3) is 6.43 Å². The predicted molar refractivity (Wildman–Crippen MR) is 141 cm³/mol. The molecule has 2 aromatic carbocycles. The molecule has 1 aliphatic carbocycles. The number of aryl methyl sites for hydroxylation is 1. The molecule has 3 aliphatic rings. The molecule has 11 heteroatoms. The number of benzene rings is 2. The van der Waals surface area contributed by atoms with Crippen LogP contribution in [0.3, 0.4) is 0 Å². The summed E-state index contributed by atoms with van der Waals surface area (Å²) in [6, 6.07) is 9.32. The maximum absolute atomic E-state index is 14.9. The van der Waals surface area contributed by atoms with Gasteiger partial charge in [-0.25, -0.2) is 18.2 Å². The third-order valence-electron chi connectivity index (χ3n) is 8.27. The van der Waals surface area contributed by atoms with Crippen LogP contribution >= 0.6 is 0 Å². The Kier molecular flexibility index (Phi) is 6.44. The van der Waals surface area contributed by atoms with Crippen molar-refractivity contribution < 1.29 is 22.7 Å². The molecule has 0 N–H and O–H groups in total. The first-order valence-electron chi connectivity index (χ1n) is 13.4. The molecule has 3 heterocycles. The van der Waals surface area contributed by atoms with E-state index < -0.39 is 29.3 Å². The topological polar surface area (TPSA) is 86.8 Å². The number of carbonyl (C=O) groups excluding carboxylic acids is 1. The molecule has 0 unspecified atom stereocenters. The van der Waals surface area contributed by atoms with Crippen molar-refractivity contribution in [3.63, 3.8) is 0 Å². The Labute approximate surface area is 229 Å². The van der Waals surface area contributed by atoms with Crippen LogP contribution in [0.4, 0.5) is 18.9 Å². The van der Waals surface area contributed by atoms with Crippen LogP contribution in [0.15, 0.2) is 41.7 Å². The van der Waals surface area contributed by atoms with E-state index >= 15 is 0 Å². The van der Waals surface area contributed by atoms with Crippen LogP contribution in [0.5, 0.6) is 5.75 Å². The SMILES string of the molecule is C[C@@H](N=c1ncn(C)c2cc3c(cc12)N1CCN(C(=O)C2(C#N)CC2)C[C@H]1CCO3)c1cccc(C(F)F)c1F. The highest BCUT2D eigenvalue weighted by Gasteiger charge is 2.53. The van der Waals surface area contributed by atoms with Gasteiger partial charge in [-0.3, -0.25) is 9.79 Å². The number of halogens is 3. The zero-order valence-electron chi connectivity index (χ0n) is 22.3. The molecule has 1 saturated heterocycles. The van der Waals surface area contributed by atoms with Crippen molar-refractivity contribution in [2.45, 2.75) is 44.7 Å². The fourth-order valence-electron chi connectivity index (χ4n) is 5.77. The molecule has 6 rings (SSSR count). The summed E-state index contributed by atoms with van der Waals surface area (Å²) in [5.41, 5.74) is 0.602. The molecule has 2 fully saturated rings. The van der Waals surface area contributed by atoms with E-state index in [2.05, 4.69) is 20.9 Å². The van der Waals surface area contributed by atoms with Crippen molar-refractivity contribution in [1.29, 1.82) is 5.26 Å². The van der Waals surface area contributed by atoms with Gasteiger partial charge in [0.2, 0.25) is 5.91 Å². The molecule has 1 saturated carbocycles. The Morgan fingerprint density at radius 3 is 2.75 bits per heavy atom. The maximum Gasteiger partial charge on any atom is 0.266 e. The lowest BCUT2D eigenvalue weighted by Crippen LogP contribution is -2.56. The number of alkyl halides is 2. The first-order chi connectivity index (χ1) is 19.2. The monoisotopic (exact) mass is 550 g/mol. The third-order valence-corrected chi connectivity index (χ3v) is 8.27. The second-order valence-corrected chi connectivity index (χ2v) is 10.8. The maximum atomic E-state index is 14.9. The summed E-state index contributed by atoms with van der Waals surface area (Å²) in [6.45, 7) is 3.73. The minimum atomic E-state index is -2.92. The summed E-state index contributed by atoms with van der Waals surface area (Å²) in [6.07, 6.45) is 0.647. The van der Waals surface area contributed by atoms with Gasteiger partial charge < -0.3 is 19.1 Å². The number of aromatic nitrogens is 2. The van der Waals surface area contributed by atoms with Gasteiger partial charge in [0.15, 0.2) is 5.49 Å². The molecule has 40 heavy (non-hydrogen) atoms. The lowest BCUT2D eigenvalue weighted by molar-refractivity contribution is -0.135. The number of carbonyl (C=O) groups is 1. The average molecular weight is 551 g/mol. The summed E-state index contributed by atoms with van der Waals surface area (Å²) >= 11 is 0. The van der Waals surface area contributed by atoms with Crippen LogP contribution in [-0.2, 0) is 11.8 Å². The lowest BCUT2D eigenvalue weighted by atomic mass is 10.0. The minimum Gasteiger partial charge on any atom is -0.491 e. The fourth-order valence-corrected chi connectivity index (χ4v) is 5.77. The van der Waals surface area contributed by atoms with Crippen molar-refractivity contribution in [2.24, 2.45) is 17.5 Å². The van der Waals surface area contributed by atoms with Gasteiger partial charge in [0, 0.05) is 50.1 Å². The van der Waals surface area contributed by atoms with Gasteiger partial charge in [-0.05, 0) is 25.8 Å². The first-order valence-corrected chi connectivity index (χ1v) is 13.4. The number of fused-ring (bicyclic) bond motifs is 4. The standard InChI is InChI=1S/C29H29F3N6O2/c1-17(19-4-3-5-20(25(19)30)26(31)32)35-27-21-12-23-24(13-22(21)36(2)16-34-27)40-11-6-18-14-37(9-10-38(18)23)28(39)29(15-33)7-8-29/h3-5,12-13,16-18,26H,6-11,14H2,1-2H3/t17-,18-/m1/s1. The molecular formula is C29H29F3N6O2. The average Bonchev–Trinajstić information content (AvgIpc) is 3.77. The van der Waals surface area contributed by atoms with Crippen LogP contribution in [0, 0.1) is 22.6 Å². The smallest absolute Gasteiger partial charge is 0.266 e. The molecule has 208 valence electrons. The van der Waals surface area contributed by atoms with E-state index in [-0.39, 0.29) is 17.5 Å². The second-order valence-electron chi connectivity index (χ2n) is 10.8. The number of anilines is 1. The number of piperazine rings is 1. The fraction of sp³-hybridized carbons (Fsp3) is 0.448. The molecule has 1 aromatic heterocycles. The van der Waals surface area contributed by atoms with Crippen molar-refractivity contribution >= 4 is 22.5 Å². The highest BCUT2D eigenvalue weighted by Crippen LogP contribution is 2.47. The molecule has 0 bridgehead atoms. The second kappa shape index (κ2) is 9.84. The first kappa shape index (κ1) is 26.2. The Morgan fingerprint density at radius 1 is 1.25 bits per heavy atom. The van der Waals surface area contributed by atoms with E-state index in [1.165, 1.54) is 12.1 Å². The number of amides is 1. The Balaban J connectivity index is 1.38. The molecule has 1 amide bonds. The Hall–Kier alpha value is -4.07. The van der Waals surface area contributed by atoms with Gasteiger partial charge in [0.1, 0.15) is 17.0 Å². The van der Waals surface area contributed by atoms with Gasteiger partial charge in [0.05, 0.1) is 47.9 Å². The van der Waals surface area contributed by atoms with E-state index in [9.17, 15) is 23.2 Å². The van der Waals surface area contributed by atoms with Crippen LogP contribution in [0.2, 0.25) is 0 Å². The van der Waals surface area contributed by atoms with Crippen LogP contribution < -0.4 is 15.1 Å². The minimum absolute atomic E-state index is 0.0156. The van der Waals surface area contributed by atoms with Crippen molar-refractivity contribution in [3.8, 4) is 11.8 Å². The third kappa shape index (κ3) is 4.35. The van der Waals surface area contributed by atoms with E-state index in [0.29, 0.717) is 62.1 Å². The summed E-state index contributed by atoms with van der Waals surface area (Å²) < 4.78 is 49.4.